The molecule has 2 aliphatic rings. The normalized spacial score (nSPS) is 17.9. The molecule has 6 nitrogen and oxygen atoms in total. The molecule has 1 aliphatic carbocycles. The molecule has 28 heavy (non-hydrogen) atoms. The molecule has 0 spiro atoms. The number of hydrogen-bond acceptors (Lipinski definition) is 4. The summed E-state index contributed by atoms with van der Waals surface area (Å²) in [5.41, 5.74) is 3.82. The van der Waals surface area contributed by atoms with E-state index in [9.17, 15) is 9.59 Å². The van der Waals surface area contributed by atoms with Crippen molar-refractivity contribution in [3.63, 3.8) is 0 Å². The van der Waals surface area contributed by atoms with Crippen molar-refractivity contribution in [2.45, 2.75) is 64.5 Å². The number of hydrogen-bond donors (Lipinski definition) is 2. The lowest BCUT2D eigenvalue weighted by atomic mass is 9.88. The number of nitrogens with zero attached hydrogens (tertiary/aromatic N) is 2. The summed E-state index contributed by atoms with van der Waals surface area (Å²) in [6.07, 6.45) is 6.87. The molecule has 2 aromatic rings. The molecule has 6 heteroatoms. The van der Waals surface area contributed by atoms with Crippen LogP contribution >= 0.6 is 0 Å². The number of rotatable bonds is 4. The van der Waals surface area contributed by atoms with Crippen molar-refractivity contribution in [3.05, 3.63) is 57.3 Å². The van der Waals surface area contributed by atoms with Crippen LogP contribution in [0.15, 0.2) is 29.1 Å². The van der Waals surface area contributed by atoms with E-state index in [4.69, 9.17) is 4.98 Å². The minimum Gasteiger partial charge on any atom is -0.326 e. The fourth-order valence-corrected chi connectivity index (χ4v) is 4.36. The van der Waals surface area contributed by atoms with Gasteiger partial charge in [0.1, 0.15) is 5.82 Å². The van der Waals surface area contributed by atoms with E-state index in [-0.39, 0.29) is 11.5 Å². The monoisotopic (exact) mass is 380 g/mol. The number of anilines is 1. The number of benzene rings is 1. The van der Waals surface area contributed by atoms with Crippen LogP contribution in [-0.2, 0) is 24.3 Å². The number of amides is 1. The number of H-pyrrole nitrogens is 1. The highest BCUT2D eigenvalue weighted by Gasteiger charge is 2.24. The first-order valence-corrected chi connectivity index (χ1v) is 10.3. The zero-order valence-corrected chi connectivity index (χ0v) is 16.5. The van der Waals surface area contributed by atoms with Gasteiger partial charge in [0, 0.05) is 44.6 Å². The van der Waals surface area contributed by atoms with Gasteiger partial charge in [0.2, 0.25) is 5.91 Å². The van der Waals surface area contributed by atoms with Crippen molar-refractivity contribution in [2.24, 2.45) is 0 Å². The first kappa shape index (κ1) is 18.9. The van der Waals surface area contributed by atoms with Gasteiger partial charge in [0.05, 0.1) is 11.3 Å². The average molecular weight is 380 g/mol. The zero-order valence-electron chi connectivity index (χ0n) is 16.5. The van der Waals surface area contributed by atoms with E-state index < -0.39 is 0 Å². The van der Waals surface area contributed by atoms with Crippen LogP contribution in [0.5, 0.6) is 0 Å². The van der Waals surface area contributed by atoms with E-state index in [1.807, 2.05) is 24.3 Å². The molecule has 1 aromatic carbocycles. The molecular weight excluding hydrogens is 352 g/mol. The number of fused-ring (bicyclic) bond motifs is 1. The molecule has 4 rings (SSSR count). The Kier molecular flexibility index (Phi) is 5.57. The molecule has 1 amide bonds. The highest BCUT2D eigenvalue weighted by molar-refractivity contribution is 5.88. The Morgan fingerprint density at radius 2 is 1.96 bits per heavy atom. The smallest absolute Gasteiger partial charge is 0.255 e. The van der Waals surface area contributed by atoms with Crippen molar-refractivity contribution in [1.82, 2.24) is 14.9 Å². The molecule has 1 aromatic heterocycles. The van der Waals surface area contributed by atoms with Gasteiger partial charge < -0.3 is 10.3 Å². The Morgan fingerprint density at radius 1 is 1.21 bits per heavy atom. The first-order valence-electron chi connectivity index (χ1n) is 10.3. The predicted molar refractivity (Wildman–Crippen MR) is 109 cm³/mol. The fourth-order valence-electron chi connectivity index (χ4n) is 4.36. The van der Waals surface area contributed by atoms with E-state index in [2.05, 4.69) is 15.2 Å². The van der Waals surface area contributed by atoms with Crippen LogP contribution in [-0.4, -0.2) is 27.3 Å². The third-order valence-electron chi connectivity index (χ3n) is 5.84. The number of aromatic amines is 1. The molecule has 0 atom stereocenters. The lowest BCUT2D eigenvalue weighted by Crippen LogP contribution is -2.36. The fraction of sp³-hybridized carbons (Fsp3) is 0.500. The molecule has 0 unspecified atom stereocenters. The number of aromatic nitrogens is 2. The van der Waals surface area contributed by atoms with Gasteiger partial charge in [-0.25, -0.2) is 4.98 Å². The number of carbonyl (C=O) groups is 1. The number of nitrogens with one attached hydrogen (secondary N) is 2. The van der Waals surface area contributed by atoms with Crippen LogP contribution in [0.3, 0.4) is 0 Å². The summed E-state index contributed by atoms with van der Waals surface area (Å²) in [7, 11) is 0. The van der Waals surface area contributed by atoms with Crippen LogP contribution in [0.1, 0.15) is 67.6 Å². The topological polar surface area (TPSA) is 78.1 Å². The first-order chi connectivity index (χ1) is 13.6. The Hall–Kier alpha value is -2.47. The quantitative estimate of drug-likeness (QED) is 0.853. The van der Waals surface area contributed by atoms with Crippen molar-refractivity contribution in [2.75, 3.05) is 11.9 Å². The summed E-state index contributed by atoms with van der Waals surface area (Å²) in [5, 5.41) is 2.78. The third-order valence-corrected chi connectivity index (χ3v) is 5.84. The van der Waals surface area contributed by atoms with Gasteiger partial charge in [-0.15, -0.1) is 0 Å². The van der Waals surface area contributed by atoms with Crippen LogP contribution in [0.4, 0.5) is 5.69 Å². The van der Waals surface area contributed by atoms with Crippen LogP contribution in [0.25, 0.3) is 0 Å². The van der Waals surface area contributed by atoms with Crippen molar-refractivity contribution >= 4 is 11.6 Å². The molecule has 0 radical (unpaired) electrons. The summed E-state index contributed by atoms with van der Waals surface area (Å²) < 4.78 is 0. The number of carbonyl (C=O) groups excluding carboxylic acids is 1. The van der Waals surface area contributed by atoms with Gasteiger partial charge in [-0.05, 0) is 30.5 Å². The Bertz CT molecular complexity index is 898. The molecule has 1 fully saturated rings. The largest absolute Gasteiger partial charge is 0.326 e. The van der Waals surface area contributed by atoms with Gasteiger partial charge in [0.15, 0.2) is 0 Å². The van der Waals surface area contributed by atoms with Crippen LogP contribution in [0.2, 0.25) is 0 Å². The van der Waals surface area contributed by atoms with Crippen molar-refractivity contribution in [1.29, 1.82) is 0 Å². The predicted octanol–water partition coefficient (Wildman–Crippen LogP) is 3.33. The van der Waals surface area contributed by atoms with E-state index in [1.54, 1.807) is 0 Å². The van der Waals surface area contributed by atoms with E-state index in [0.29, 0.717) is 12.5 Å². The minimum atomic E-state index is -0.0697. The molecule has 0 bridgehead atoms. The standard InChI is InChI=1S/C22H28N4O2/c1-15(27)23-18-9-7-16(8-10-18)13-26-12-11-20-19(14-26)22(28)25-21(24-20)17-5-3-2-4-6-17/h7-10,17H,2-6,11-14H2,1H3,(H,23,27)(H,24,25,28). The molecule has 1 aliphatic heterocycles. The third kappa shape index (κ3) is 4.33. The van der Waals surface area contributed by atoms with Gasteiger partial charge in [-0.2, -0.15) is 0 Å². The SMILES string of the molecule is CC(=O)Nc1ccc(CN2CCc3nc(C4CCCCC4)[nH]c(=O)c3C2)cc1. The van der Waals surface area contributed by atoms with Crippen LogP contribution in [0, 0.1) is 0 Å². The zero-order chi connectivity index (χ0) is 19.5. The maximum atomic E-state index is 12.7. The van der Waals surface area contributed by atoms with Gasteiger partial charge in [-0.1, -0.05) is 31.4 Å². The molecule has 148 valence electrons. The van der Waals surface area contributed by atoms with Crippen molar-refractivity contribution < 1.29 is 4.79 Å². The highest BCUT2D eigenvalue weighted by atomic mass is 16.1. The second kappa shape index (κ2) is 8.27. The second-order valence-corrected chi connectivity index (χ2v) is 8.05. The maximum absolute atomic E-state index is 12.7. The minimum absolute atomic E-state index is 0.0382. The summed E-state index contributed by atoms with van der Waals surface area (Å²) in [5.74, 6) is 1.26. The Labute approximate surface area is 165 Å². The average Bonchev–Trinajstić information content (AvgIpc) is 2.70. The van der Waals surface area contributed by atoms with E-state index in [1.165, 1.54) is 31.7 Å². The van der Waals surface area contributed by atoms with Crippen LogP contribution < -0.4 is 10.9 Å². The Balaban J connectivity index is 1.44. The Morgan fingerprint density at radius 3 is 2.68 bits per heavy atom. The molecular formula is C22H28N4O2. The van der Waals surface area contributed by atoms with Crippen molar-refractivity contribution in [3.8, 4) is 0 Å². The summed E-state index contributed by atoms with van der Waals surface area (Å²) in [6, 6.07) is 7.88. The lowest BCUT2D eigenvalue weighted by Gasteiger charge is -2.29. The highest BCUT2D eigenvalue weighted by Crippen LogP contribution is 2.30. The van der Waals surface area contributed by atoms with Gasteiger partial charge >= 0.3 is 0 Å². The molecule has 2 heterocycles. The van der Waals surface area contributed by atoms with Gasteiger partial charge in [0.25, 0.3) is 5.56 Å². The van der Waals surface area contributed by atoms with Gasteiger partial charge in [-0.3, -0.25) is 14.5 Å². The summed E-state index contributed by atoms with van der Waals surface area (Å²) >= 11 is 0. The maximum Gasteiger partial charge on any atom is 0.255 e. The van der Waals surface area contributed by atoms with E-state index >= 15 is 0 Å². The summed E-state index contributed by atoms with van der Waals surface area (Å²) in [4.78, 5) is 34.1. The molecule has 1 saturated carbocycles. The lowest BCUT2D eigenvalue weighted by molar-refractivity contribution is -0.114. The second-order valence-electron chi connectivity index (χ2n) is 8.05. The summed E-state index contributed by atoms with van der Waals surface area (Å²) in [6.45, 7) is 3.82. The molecule has 0 saturated heterocycles. The van der Waals surface area contributed by atoms with E-state index in [0.717, 1.165) is 55.1 Å². The molecule has 2 N–H and O–H groups in total.